The number of hydrogen-bond donors (Lipinski definition) is 0. The Morgan fingerprint density at radius 3 is 1.19 bits per heavy atom. The lowest BCUT2D eigenvalue weighted by atomic mass is 10.0. The molecule has 16 heavy (non-hydrogen) atoms. The third-order valence-corrected chi connectivity index (χ3v) is 1.69. The fourth-order valence-corrected chi connectivity index (χ4v) is 1.10. The molecule has 90 valence electrons. The zero-order valence-electron chi connectivity index (χ0n) is 11.1. The fourth-order valence-electron chi connectivity index (χ4n) is 1.10. The van der Waals surface area contributed by atoms with Crippen LogP contribution in [0, 0.1) is 0 Å². The lowest BCUT2D eigenvalue weighted by molar-refractivity contribution is 0.0981. The highest BCUT2D eigenvalue weighted by atomic mass is 16.1. The van der Waals surface area contributed by atoms with Gasteiger partial charge < -0.3 is 0 Å². The van der Waals surface area contributed by atoms with E-state index in [9.17, 15) is 9.59 Å². The van der Waals surface area contributed by atoms with Crippen LogP contribution in [0.15, 0.2) is 24.3 Å². The fraction of sp³-hybridized carbons (Fsp3) is 0.429. The van der Waals surface area contributed by atoms with Gasteiger partial charge in [0.2, 0.25) is 0 Å². The van der Waals surface area contributed by atoms with Gasteiger partial charge >= 0.3 is 0 Å². The van der Waals surface area contributed by atoms with E-state index in [1.54, 1.807) is 24.3 Å². The average Bonchev–Trinajstić information content (AvgIpc) is 2.34. The summed E-state index contributed by atoms with van der Waals surface area (Å²) in [6, 6.07) is 6.84. The first-order valence-electron chi connectivity index (χ1n) is 5.74. The lowest BCUT2D eigenvalue weighted by Crippen LogP contribution is -2.02. The van der Waals surface area contributed by atoms with Crippen molar-refractivity contribution in [3.05, 3.63) is 35.4 Å². The van der Waals surface area contributed by atoms with Crippen LogP contribution in [0.3, 0.4) is 0 Å². The molecule has 1 aromatic rings. The number of benzene rings is 1. The van der Waals surface area contributed by atoms with Crippen molar-refractivity contribution in [1.29, 1.82) is 0 Å². The van der Waals surface area contributed by atoms with Crippen LogP contribution in [0.1, 0.15) is 62.3 Å². The summed E-state index contributed by atoms with van der Waals surface area (Å²) < 4.78 is 0. The summed E-state index contributed by atoms with van der Waals surface area (Å²) in [5, 5.41) is 0. The van der Waals surface area contributed by atoms with Gasteiger partial charge in [0.05, 0.1) is 0 Å². The number of carbonyl (C=O) groups excluding carboxylic acids is 2. The molecule has 0 N–H and O–H groups in total. The van der Waals surface area contributed by atoms with Crippen LogP contribution in [-0.4, -0.2) is 11.6 Å². The van der Waals surface area contributed by atoms with Gasteiger partial charge in [-0.05, 0) is 13.8 Å². The lowest BCUT2D eigenvalue weighted by Gasteiger charge is -2.00. The topological polar surface area (TPSA) is 34.1 Å². The molecule has 1 rings (SSSR count). The van der Waals surface area contributed by atoms with Gasteiger partial charge in [-0.1, -0.05) is 52.0 Å². The molecule has 0 atom stereocenters. The smallest absolute Gasteiger partial charge is 0.160 e. The standard InChI is InChI=1S/C10H10O2.2C2H6/c1-7(11)9-5-3-4-6-10(9)8(2)12;2*1-2/h3-6H,1-2H3;2*1-2H3. The number of Topliss-reactive ketones (excluding diaryl/α,β-unsaturated/α-hetero) is 2. The zero-order valence-corrected chi connectivity index (χ0v) is 11.1. The van der Waals surface area contributed by atoms with Crippen molar-refractivity contribution in [1.82, 2.24) is 0 Å². The normalized spacial score (nSPS) is 7.88. The van der Waals surface area contributed by atoms with E-state index < -0.39 is 0 Å². The van der Waals surface area contributed by atoms with Crippen molar-refractivity contribution in [2.24, 2.45) is 0 Å². The Hall–Kier alpha value is -1.44. The maximum absolute atomic E-state index is 11.0. The molecule has 0 heterocycles. The summed E-state index contributed by atoms with van der Waals surface area (Å²) in [6.45, 7) is 10.9. The summed E-state index contributed by atoms with van der Waals surface area (Å²) in [5.41, 5.74) is 1.01. The molecular weight excluding hydrogens is 200 g/mol. The van der Waals surface area contributed by atoms with E-state index in [1.165, 1.54) is 13.8 Å². The predicted molar refractivity (Wildman–Crippen MR) is 69.1 cm³/mol. The van der Waals surface area contributed by atoms with Gasteiger partial charge in [0, 0.05) is 11.1 Å². The minimum absolute atomic E-state index is 0.0687. The van der Waals surface area contributed by atoms with Gasteiger partial charge in [-0.3, -0.25) is 9.59 Å². The molecule has 0 radical (unpaired) electrons. The highest BCUT2D eigenvalue weighted by Gasteiger charge is 2.08. The van der Waals surface area contributed by atoms with Crippen molar-refractivity contribution in [3.8, 4) is 0 Å². The van der Waals surface area contributed by atoms with E-state index in [0.717, 1.165) is 0 Å². The Labute approximate surface area is 98.7 Å². The number of ketones is 2. The van der Waals surface area contributed by atoms with Gasteiger partial charge in [-0.2, -0.15) is 0 Å². The van der Waals surface area contributed by atoms with E-state index in [0.29, 0.717) is 11.1 Å². The van der Waals surface area contributed by atoms with E-state index in [-0.39, 0.29) is 11.6 Å². The highest BCUT2D eigenvalue weighted by Crippen LogP contribution is 2.09. The van der Waals surface area contributed by atoms with Gasteiger partial charge in [0.15, 0.2) is 11.6 Å². The summed E-state index contributed by atoms with van der Waals surface area (Å²) in [6.07, 6.45) is 0. The molecule has 0 aliphatic rings. The quantitative estimate of drug-likeness (QED) is 0.704. The van der Waals surface area contributed by atoms with Gasteiger partial charge in [-0.25, -0.2) is 0 Å². The van der Waals surface area contributed by atoms with E-state index >= 15 is 0 Å². The first-order valence-corrected chi connectivity index (χ1v) is 5.74. The minimum Gasteiger partial charge on any atom is -0.294 e. The van der Waals surface area contributed by atoms with Crippen LogP contribution < -0.4 is 0 Å². The number of carbonyl (C=O) groups is 2. The van der Waals surface area contributed by atoms with Crippen LogP contribution in [0.4, 0.5) is 0 Å². The molecule has 0 aliphatic heterocycles. The van der Waals surface area contributed by atoms with Crippen molar-refractivity contribution < 1.29 is 9.59 Å². The second-order valence-corrected chi connectivity index (χ2v) is 2.66. The Kier molecular flexibility index (Phi) is 10.7. The van der Waals surface area contributed by atoms with Crippen LogP contribution in [-0.2, 0) is 0 Å². The second kappa shape index (κ2) is 10.1. The van der Waals surface area contributed by atoms with Crippen molar-refractivity contribution in [3.63, 3.8) is 0 Å². The Bertz CT molecular complexity index is 294. The second-order valence-electron chi connectivity index (χ2n) is 2.66. The summed E-state index contributed by atoms with van der Waals surface area (Å²) in [5.74, 6) is -0.137. The molecule has 0 fully saturated rings. The van der Waals surface area contributed by atoms with Crippen LogP contribution in [0.2, 0.25) is 0 Å². The molecular formula is C14H22O2. The predicted octanol–water partition coefficient (Wildman–Crippen LogP) is 4.14. The average molecular weight is 222 g/mol. The molecule has 0 bridgehead atoms. The van der Waals surface area contributed by atoms with Crippen LogP contribution >= 0.6 is 0 Å². The first kappa shape index (κ1) is 17.0. The molecule has 0 unspecified atom stereocenters. The number of rotatable bonds is 2. The highest BCUT2D eigenvalue weighted by molar-refractivity contribution is 6.07. The molecule has 0 aliphatic carbocycles. The summed E-state index contributed by atoms with van der Waals surface area (Å²) >= 11 is 0. The minimum atomic E-state index is -0.0687. The largest absolute Gasteiger partial charge is 0.294 e. The van der Waals surface area contributed by atoms with Crippen molar-refractivity contribution in [2.45, 2.75) is 41.5 Å². The third-order valence-electron chi connectivity index (χ3n) is 1.69. The van der Waals surface area contributed by atoms with E-state index in [2.05, 4.69) is 0 Å². The molecule has 0 amide bonds. The molecule has 2 nitrogen and oxygen atoms in total. The molecule has 0 saturated carbocycles. The van der Waals surface area contributed by atoms with Gasteiger partial charge in [0.25, 0.3) is 0 Å². The Balaban J connectivity index is 0. The molecule has 0 saturated heterocycles. The van der Waals surface area contributed by atoms with Gasteiger partial charge in [0.1, 0.15) is 0 Å². The summed E-state index contributed by atoms with van der Waals surface area (Å²) in [4.78, 5) is 22.0. The van der Waals surface area contributed by atoms with Gasteiger partial charge in [-0.15, -0.1) is 0 Å². The zero-order chi connectivity index (χ0) is 13.1. The molecule has 2 heteroatoms. The third kappa shape index (κ3) is 5.44. The first-order chi connectivity index (χ1) is 7.63. The molecule has 1 aromatic carbocycles. The maximum atomic E-state index is 11.0. The van der Waals surface area contributed by atoms with Crippen molar-refractivity contribution >= 4 is 11.6 Å². The number of hydrogen-bond acceptors (Lipinski definition) is 2. The molecule has 0 spiro atoms. The Morgan fingerprint density at radius 1 is 0.750 bits per heavy atom. The monoisotopic (exact) mass is 222 g/mol. The molecule has 0 aromatic heterocycles. The van der Waals surface area contributed by atoms with E-state index in [1.807, 2.05) is 27.7 Å². The summed E-state index contributed by atoms with van der Waals surface area (Å²) in [7, 11) is 0. The Morgan fingerprint density at radius 2 is 1.00 bits per heavy atom. The van der Waals surface area contributed by atoms with E-state index in [4.69, 9.17) is 0 Å². The van der Waals surface area contributed by atoms with Crippen LogP contribution in [0.5, 0.6) is 0 Å². The SMILES string of the molecule is CC.CC.CC(=O)c1ccccc1C(C)=O. The van der Waals surface area contributed by atoms with Crippen LogP contribution in [0.25, 0.3) is 0 Å². The maximum Gasteiger partial charge on any atom is 0.160 e. The van der Waals surface area contributed by atoms with Crippen molar-refractivity contribution in [2.75, 3.05) is 0 Å².